The van der Waals surface area contributed by atoms with Gasteiger partial charge < -0.3 is 24.9 Å². The largest absolute Gasteiger partial charge is 1.00 e. The van der Waals surface area contributed by atoms with Gasteiger partial charge in [0.15, 0.2) is 0 Å². The topological polar surface area (TPSA) is 154 Å². The first kappa shape index (κ1) is 26.6. The molecule has 0 bridgehead atoms. The molecule has 0 aromatic heterocycles. The van der Waals surface area contributed by atoms with Gasteiger partial charge >= 0.3 is 41.5 Å². The molecule has 0 saturated heterocycles. The van der Waals surface area contributed by atoms with Gasteiger partial charge in [0.25, 0.3) is 10.1 Å². The minimum atomic E-state index is -4.31. The van der Waals surface area contributed by atoms with Gasteiger partial charge in [0.2, 0.25) is 0 Å². The second-order valence-electron chi connectivity index (χ2n) is 5.58. The molecule has 2 N–H and O–H groups in total. The Kier molecular flexibility index (Phi) is 11.0. The van der Waals surface area contributed by atoms with Crippen molar-refractivity contribution < 1.29 is 66.7 Å². The van der Waals surface area contributed by atoms with E-state index < -0.39 is 46.2 Å². The van der Waals surface area contributed by atoms with Gasteiger partial charge in [-0.15, -0.1) is 0 Å². The number of aliphatic imine (C=N–C) groups is 1. The fourth-order valence-electron chi connectivity index (χ4n) is 2.56. The van der Waals surface area contributed by atoms with E-state index in [-0.39, 0.29) is 53.9 Å². The van der Waals surface area contributed by atoms with E-state index >= 15 is 0 Å². The zero-order valence-electron chi connectivity index (χ0n) is 16.6. The van der Waals surface area contributed by atoms with Crippen molar-refractivity contribution >= 4 is 28.0 Å². The number of rotatable bonds is 8. The van der Waals surface area contributed by atoms with Crippen molar-refractivity contribution in [3.63, 3.8) is 0 Å². The zero-order valence-corrected chi connectivity index (χ0v) is 19.4. The Morgan fingerprint density at radius 2 is 1.54 bits per heavy atom. The Balaban J connectivity index is 0.00000729. The Labute approximate surface area is 186 Å². The monoisotopic (exact) mass is 426 g/mol. The van der Waals surface area contributed by atoms with Crippen LogP contribution in [0.15, 0.2) is 27.5 Å². The summed E-state index contributed by atoms with van der Waals surface area (Å²) in [6, 6.07) is 0. The number of esters is 2. The zero-order chi connectivity index (χ0) is 20.8. The van der Waals surface area contributed by atoms with Crippen molar-refractivity contribution in [2.45, 2.75) is 27.7 Å². The van der Waals surface area contributed by atoms with E-state index in [0.29, 0.717) is 11.4 Å². The summed E-state index contributed by atoms with van der Waals surface area (Å²) in [6.45, 7) is 5.83. The fraction of sp³-hybridized carbons (Fsp3) is 0.562. The number of dihydropyridines is 1. The summed E-state index contributed by atoms with van der Waals surface area (Å²) < 4.78 is 40.3. The first-order valence-electron chi connectivity index (χ1n) is 8.22. The van der Waals surface area contributed by atoms with Gasteiger partial charge in [-0.3, -0.25) is 4.55 Å². The number of hydrogen-bond donors (Lipinski definition) is 2. The van der Waals surface area contributed by atoms with Crippen LogP contribution in [0.3, 0.4) is 0 Å². The maximum absolute atomic E-state index is 12.7. The molecule has 152 valence electrons. The summed E-state index contributed by atoms with van der Waals surface area (Å²) in [6.07, 6.45) is 0. The minimum absolute atomic E-state index is 0. The molecule has 1 heterocycles. The third kappa shape index (κ3) is 7.21. The summed E-state index contributed by atoms with van der Waals surface area (Å²) in [7, 11) is -4.31. The van der Waals surface area contributed by atoms with Gasteiger partial charge in [0.1, 0.15) is 0 Å². The smallest absolute Gasteiger partial charge is 0.861 e. The van der Waals surface area contributed by atoms with Crippen LogP contribution in [-0.4, -0.2) is 56.3 Å². The van der Waals surface area contributed by atoms with Crippen LogP contribution in [0.2, 0.25) is 0 Å². The molecule has 0 aromatic carbocycles. The summed E-state index contributed by atoms with van der Waals surface area (Å²) in [5.41, 5.74) is 0.405. The Morgan fingerprint density at radius 3 is 1.89 bits per heavy atom. The van der Waals surface area contributed by atoms with E-state index in [1.165, 1.54) is 13.8 Å². The predicted molar refractivity (Wildman–Crippen MR) is 94.0 cm³/mol. The molecule has 0 fully saturated rings. The molecular weight excluding hydrogens is 403 g/mol. The normalized spacial score (nSPS) is 15.7. The molecule has 10 nitrogen and oxygen atoms in total. The number of carbonyl (C=O) groups is 2. The van der Waals surface area contributed by atoms with Crippen LogP contribution in [0, 0.1) is 5.92 Å². The SMILES string of the molecule is CCOC(=O)C1=C(C)NC(C)=C(C(=O)OCC)C1C([O-])=NCCS(=O)(=O)O.[Na+]. The fourth-order valence-corrected chi connectivity index (χ4v) is 2.88. The second-order valence-corrected chi connectivity index (χ2v) is 7.15. The molecule has 12 heteroatoms. The first-order valence-corrected chi connectivity index (χ1v) is 9.83. The molecule has 0 atom stereocenters. The number of allylic oxidation sites excluding steroid dienone is 2. The standard InChI is InChI=1S/C16H24N2O8S.Na/c1-5-25-15(20)11-9(3)18-10(4)12(16(21)26-6-2)13(11)14(19)17-7-8-27(22,23)24;/h13,18H,5-8H2,1-4H3,(H,17,19)(H,22,23,24);/q;+1/p-1. The van der Waals surface area contributed by atoms with Gasteiger partial charge in [0, 0.05) is 11.4 Å². The molecular formula is C16H23N2NaO8S. The third-order valence-electron chi connectivity index (χ3n) is 3.61. The minimum Gasteiger partial charge on any atom is -0.861 e. The summed E-state index contributed by atoms with van der Waals surface area (Å²) in [5, 5.41) is 15.5. The van der Waals surface area contributed by atoms with Crippen LogP contribution in [-0.2, 0) is 29.2 Å². The van der Waals surface area contributed by atoms with Crippen molar-refractivity contribution in [2.75, 3.05) is 25.5 Å². The van der Waals surface area contributed by atoms with Crippen LogP contribution in [0.4, 0.5) is 0 Å². The molecule has 0 amide bonds. The molecule has 28 heavy (non-hydrogen) atoms. The Hall–Kier alpha value is -1.40. The van der Waals surface area contributed by atoms with Crippen molar-refractivity contribution in [2.24, 2.45) is 10.9 Å². The van der Waals surface area contributed by atoms with Crippen LogP contribution < -0.4 is 40.0 Å². The maximum atomic E-state index is 12.7. The van der Waals surface area contributed by atoms with E-state index in [1.54, 1.807) is 13.8 Å². The second kappa shape index (κ2) is 11.6. The Bertz CT molecular complexity index is 761. The van der Waals surface area contributed by atoms with Gasteiger partial charge in [0.05, 0.1) is 42.6 Å². The van der Waals surface area contributed by atoms with Crippen LogP contribution >= 0.6 is 0 Å². The van der Waals surface area contributed by atoms with Crippen LogP contribution in [0.5, 0.6) is 0 Å². The molecule has 0 aliphatic carbocycles. The molecule has 1 aliphatic rings. The Morgan fingerprint density at radius 1 is 1.11 bits per heavy atom. The quantitative estimate of drug-likeness (QED) is 0.132. The van der Waals surface area contributed by atoms with Crippen LogP contribution in [0.1, 0.15) is 27.7 Å². The molecule has 0 unspecified atom stereocenters. The summed E-state index contributed by atoms with van der Waals surface area (Å²) >= 11 is 0. The molecule has 0 radical (unpaired) electrons. The van der Waals surface area contributed by atoms with Crippen molar-refractivity contribution in [1.29, 1.82) is 0 Å². The van der Waals surface area contributed by atoms with E-state index in [0.717, 1.165) is 0 Å². The third-order valence-corrected chi connectivity index (χ3v) is 4.31. The number of hydrogen-bond acceptors (Lipinski definition) is 9. The van der Waals surface area contributed by atoms with Gasteiger partial charge in [-0.05, 0) is 33.6 Å². The average molecular weight is 426 g/mol. The van der Waals surface area contributed by atoms with Crippen molar-refractivity contribution in [3.8, 4) is 0 Å². The van der Waals surface area contributed by atoms with Gasteiger partial charge in [-0.2, -0.15) is 8.42 Å². The maximum Gasteiger partial charge on any atom is 1.00 e. The first-order chi connectivity index (χ1) is 12.5. The number of nitrogens with one attached hydrogen (secondary N) is 1. The number of carbonyl (C=O) groups excluding carboxylic acids is 2. The molecule has 1 rings (SSSR count). The van der Waals surface area contributed by atoms with Crippen molar-refractivity contribution in [1.82, 2.24) is 5.32 Å². The summed E-state index contributed by atoms with van der Waals surface area (Å²) in [5.74, 6) is -4.69. The van der Waals surface area contributed by atoms with Crippen molar-refractivity contribution in [3.05, 3.63) is 22.5 Å². The molecule has 0 spiro atoms. The number of nitrogens with zero attached hydrogens (tertiary/aromatic N) is 1. The average Bonchev–Trinajstić information content (AvgIpc) is 2.52. The van der Waals surface area contributed by atoms with Gasteiger partial charge in [-0.25, -0.2) is 9.59 Å². The number of ether oxygens (including phenoxy) is 2. The predicted octanol–water partition coefficient (Wildman–Crippen LogP) is -3.47. The molecule has 1 aliphatic heterocycles. The van der Waals surface area contributed by atoms with E-state index in [9.17, 15) is 23.1 Å². The van der Waals surface area contributed by atoms with E-state index in [2.05, 4.69) is 10.3 Å². The molecule has 0 aromatic rings. The summed E-state index contributed by atoms with van der Waals surface area (Å²) in [4.78, 5) is 28.3. The van der Waals surface area contributed by atoms with E-state index in [4.69, 9.17) is 14.0 Å². The van der Waals surface area contributed by atoms with E-state index in [1.807, 2.05) is 0 Å². The molecule has 0 saturated carbocycles. The van der Waals surface area contributed by atoms with Crippen LogP contribution in [0.25, 0.3) is 0 Å². The van der Waals surface area contributed by atoms with Gasteiger partial charge in [-0.1, -0.05) is 0 Å².